The van der Waals surface area contributed by atoms with Gasteiger partial charge < -0.3 is 9.47 Å². The van der Waals surface area contributed by atoms with E-state index in [-0.39, 0.29) is 0 Å². The van der Waals surface area contributed by atoms with E-state index in [1.165, 1.54) is 47.1 Å². The van der Waals surface area contributed by atoms with Crippen molar-refractivity contribution in [3.05, 3.63) is 69.8 Å². The number of rotatable bonds is 5. The number of hydrogen-bond donors (Lipinski definition) is 0. The predicted octanol–water partition coefficient (Wildman–Crippen LogP) is 7.65. The Morgan fingerprint density at radius 1 is 1.00 bits per heavy atom. The van der Waals surface area contributed by atoms with Gasteiger partial charge in [0.15, 0.2) is 11.5 Å². The lowest BCUT2D eigenvalue weighted by molar-refractivity contribution is 0.267. The third-order valence-electron chi connectivity index (χ3n) is 7.20. The fourth-order valence-corrected chi connectivity index (χ4v) is 5.89. The maximum absolute atomic E-state index is 6.55. The Morgan fingerprint density at radius 2 is 1.73 bits per heavy atom. The highest BCUT2D eigenvalue weighted by molar-refractivity contribution is 5.64. The highest BCUT2D eigenvalue weighted by Gasteiger charge is 2.41. The molecule has 0 aromatic heterocycles. The van der Waals surface area contributed by atoms with Crippen LogP contribution in [0.25, 0.3) is 0 Å². The molecule has 0 radical (unpaired) electrons. The summed E-state index contributed by atoms with van der Waals surface area (Å²) in [6.45, 7) is 12.1. The zero-order chi connectivity index (χ0) is 21.4. The van der Waals surface area contributed by atoms with Crippen LogP contribution < -0.4 is 9.47 Å². The lowest BCUT2D eigenvalue weighted by Gasteiger charge is -2.43. The van der Waals surface area contributed by atoms with Crippen LogP contribution in [0.1, 0.15) is 92.5 Å². The van der Waals surface area contributed by atoms with Crippen LogP contribution >= 0.6 is 0 Å². The van der Waals surface area contributed by atoms with Gasteiger partial charge in [-0.2, -0.15) is 0 Å². The van der Waals surface area contributed by atoms with Crippen molar-refractivity contribution in [1.29, 1.82) is 0 Å². The molecule has 4 atom stereocenters. The molecule has 0 amide bonds. The Bertz CT molecular complexity index is 937. The summed E-state index contributed by atoms with van der Waals surface area (Å²) in [6, 6.07) is 10.4. The molecule has 0 bridgehead atoms. The van der Waals surface area contributed by atoms with Gasteiger partial charge in [0.2, 0.25) is 0 Å². The monoisotopic (exact) mass is 404 g/mol. The second kappa shape index (κ2) is 8.49. The van der Waals surface area contributed by atoms with E-state index in [0.717, 1.165) is 11.5 Å². The SMILES string of the molecule is COc1c(C)c2c3c(c1OCc1ccccc1)[C@@H](C)CC[C@H]3[C@H](C)CC2C=C(C)C. The quantitative estimate of drug-likeness (QED) is 0.476. The molecule has 160 valence electrons. The van der Waals surface area contributed by atoms with Gasteiger partial charge in [-0.3, -0.25) is 0 Å². The largest absolute Gasteiger partial charge is 0.493 e. The van der Waals surface area contributed by atoms with Crippen LogP contribution in [0.5, 0.6) is 11.5 Å². The van der Waals surface area contributed by atoms with E-state index in [0.29, 0.717) is 30.3 Å². The van der Waals surface area contributed by atoms with Gasteiger partial charge in [-0.15, -0.1) is 0 Å². The molecule has 1 unspecified atom stereocenters. The van der Waals surface area contributed by atoms with Crippen molar-refractivity contribution in [2.45, 2.75) is 78.2 Å². The molecule has 4 rings (SSSR count). The van der Waals surface area contributed by atoms with Gasteiger partial charge in [-0.25, -0.2) is 0 Å². The zero-order valence-electron chi connectivity index (χ0n) is 19.4. The first-order valence-corrected chi connectivity index (χ1v) is 11.5. The maximum atomic E-state index is 6.55. The van der Waals surface area contributed by atoms with Gasteiger partial charge >= 0.3 is 0 Å². The van der Waals surface area contributed by atoms with Gasteiger partial charge in [0.05, 0.1) is 7.11 Å². The molecular weight excluding hydrogens is 368 g/mol. The van der Waals surface area contributed by atoms with Crippen LogP contribution in [-0.4, -0.2) is 7.11 Å². The summed E-state index contributed by atoms with van der Waals surface area (Å²) in [5, 5.41) is 0. The molecule has 2 heteroatoms. The standard InChI is InChI=1S/C28H36O2/c1-17(2)14-22-15-19(4)23-13-12-18(3)24-26(23)25(22)20(5)27(29-6)28(24)30-16-21-10-8-7-9-11-21/h7-11,14,18-19,22-23H,12-13,15-16H2,1-6H3/t18-,19+,22?,23-/m0/s1. The Balaban J connectivity index is 1.90. The van der Waals surface area contributed by atoms with Crippen LogP contribution in [0.3, 0.4) is 0 Å². The summed E-state index contributed by atoms with van der Waals surface area (Å²) in [7, 11) is 1.79. The number of methoxy groups -OCH3 is 1. The Kier molecular flexibility index (Phi) is 5.95. The molecular formula is C28H36O2. The molecule has 2 aliphatic carbocycles. The third kappa shape index (κ3) is 3.66. The first-order valence-electron chi connectivity index (χ1n) is 11.5. The van der Waals surface area contributed by atoms with Gasteiger partial charge in [0, 0.05) is 11.5 Å². The average Bonchev–Trinajstić information content (AvgIpc) is 2.71. The smallest absolute Gasteiger partial charge is 0.165 e. The summed E-state index contributed by atoms with van der Waals surface area (Å²) in [4.78, 5) is 0. The first kappa shape index (κ1) is 21.0. The molecule has 0 saturated carbocycles. The van der Waals surface area contributed by atoms with E-state index in [9.17, 15) is 0 Å². The van der Waals surface area contributed by atoms with Crippen LogP contribution in [0, 0.1) is 12.8 Å². The summed E-state index contributed by atoms with van der Waals surface area (Å²) >= 11 is 0. The van der Waals surface area contributed by atoms with Crippen molar-refractivity contribution < 1.29 is 9.47 Å². The van der Waals surface area contributed by atoms with E-state index in [1.54, 1.807) is 12.7 Å². The van der Waals surface area contributed by atoms with Crippen molar-refractivity contribution in [2.24, 2.45) is 5.92 Å². The van der Waals surface area contributed by atoms with Crippen LogP contribution in [0.15, 0.2) is 42.0 Å². The number of hydrogen-bond acceptors (Lipinski definition) is 2. The molecule has 0 fully saturated rings. The molecule has 2 aromatic carbocycles. The number of benzene rings is 2. The van der Waals surface area contributed by atoms with Crippen molar-refractivity contribution in [3.8, 4) is 11.5 Å². The van der Waals surface area contributed by atoms with Crippen LogP contribution in [-0.2, 0) is 6.61 Å². The van der Waals surface area contributed by atoms with E-state index < -0.39 is 0 Å². The maximum Gasteiger partial charge on any atom is 0.165 e. The van der Waals surface area contributed by atoms with E-state index in [1.807, 2.05) is 6.07 Å². The van der Waals surface area contributed by atoms with Crippen LogP contribution in [0.2, 0.25) is 0 Å². The molecule has 2 nitrogen and oxygen atoms in total. The molecule has 0 heterocycles. The van der Waals surface area contributed by atoms with E-state index in [4.69, 9.17) is 9.47 Å². The summed E-state index contributed by atoms with van der Waals surface area (Å²) < 4.78 is 12.6. The Morgan fingerprint density at radius 3 is 2.40 bits per heavy atom. The highest BCUT2D eigenvalue weighted by atomic mass is 16.5. The number of allylic oxidation sites excluding steroid dienone is 2. The van der Waals surface area contributed by atoms with Crippen molar-refractivity contribution in [2.75, 3.05) is 7.11 Å². The molecule has 0 aliphatic heterocycles. The molecule has 0 saturated heterocycles. The topological polar surface area (TPSA) is 18.5 Å². The minimum absolute atomic E-state index is 0.470. The highest BCUT2D eigenvalue weighted by Crippen LogP contribution is 2.58. The lowest BCUT2D eigenvalue weighted by atomic mass is 9.62. The van der Waals surface area contributed by atoms with Gasteiger partial charge in [0.25, 0.3) is 0 Å². The molecule has 0 spiro atoms. The van der Waals surface area contributed by atoms with Crippen LogP contribution in [0.4, 0.5) is 0 Å². The van der Waals surface area contributed by atoms with Gasteiger partial charge in [-0.05, 0) is 80.0 Å². The summed E-state index contributed by atoms with van der Waals surface area (Å²) in [5.74, 6) is 4.22. The fourth-order valence-electron chi connectivity index (χ4n) is 5.89. The normalized spacial score (nSPS) is 24.7. The zero-order valence-corrected chi connectivity index (χ0v) is 19.4. The van der Waals surface area contributed by atoms with E-state index >= 15 is 0 Å². The Hall–Kier alpha value is -2.22. The molecule has 2 aromatic rings. The van der Waals surface area contributed by atoms with Crippen molar-refractivity contribution in [1.82, 2.24) is 0 Å². The van der Waals surface area contributed by atoms with Gasteiger partial charge in [0.1, 0.15) is 6.61 Å². The Labute approximate surface area is 182 Å². The minimum atomic E-state index is 0.470. The third-order valence-corrected chi connectivity index (χ3v) is 7.20. The van der Waals surface area contributed by atoms with Crippen molar-refractivity contribution in [3.63, 3.8) is 0 Å². The second-order valence-electron chi connectivity index (χ2n) is 9.65. The summed E-state index contributed by atoms with van der Waals surface area (Å²) in [6.07, 6.45) is 6.21. The van der Waals surface area contributed by atoms with Gasteiger partial charge in [-0.1, -0.05) is 55.8 Å². The minimum Gasteiger partial charge on any atom is -0.493 e. The van der Waals surface area contributed by atoms with E-state index in [2.05, 4.69) is 65.0 Å². The first-order chi connectivity index (χ1) is 14.4. The average molecular weight is 405 g/mol. The van der Waals surface area contributed by atoms with Crippen molar-refractivity contribution >= 4 is 0 Å². The summed E-state index contributed by atoms with van der Waals surface area (Å²) in [5.41, 5.74) is 8.37. The molecule has 2 aliphatic rings. The second-order valence-corrected chi connectivity index (χ2v) is 9.65. The fraction of sp³-hybridized carbons (Fsp3) is 0.500. The lowest BCUT2D eigenvalue weighted by Crippen LogP contribution is -2.28. The predicted molar refractivity (Wildman–Crippen MR) is 125 cm³/mol. The number of ether oxygens (including phenoxy) is 2. The molecule has 30 heavy (non-hydrogen) atoms. The molecule has 0 N–H and O–H groups in total.